The fraction of sp³-hybridized carbons (Fsp3) is 0.200. The van der Waals surface area contributed by atoms with Crippen molar-refractivity contribution in [2.75, 3.05) is 5.32 Å². The number of nitrogens with one attached hydrogen (secondary N) is 2. The second kappa shape index (κ2) is 7.33. The van der Waals surface area contributed by atoms with E-state index in [-0.39, 0.29) is 11.6 Å². The van der Waals surface area contributed by atoms with E-state index in [2.05, 4.69) is 26.2 Å². The molecule has 5 nitrogen and oxygen atoms in total. The molecule has 0 spiro atoms. The predicted molar refractivity (Wildman–Crippen MR) is 105 cm³/mol. The quantitative estimate of drug-likeness (QED) is 0.606. The number of carbonyl (C=O) groups excluding carboxylic acids is 2. The van der Waals surface area contributed by atoms with Crippen molar-refractivity contribution in [3.05, 3.63) is 63.8 Å². The summed E-state index contributed by atoms with van der Waals surface area (Å²) in [4.78, 5) is 27.8. The molecule has 0 aliphatic carbocycles. The molecule has 1 amide bonds. The highest BCUT2D eigenvalue weighted by molar-refractivity contribution is 9.10. The zero-order valence-corrected chi connectivity index (χ0v) is 16.3. The number of halogens is 1. The number of aryl methyl sites for hydroxylation is 2. The summed E-state index contributed by atoms with van der Waals surface area (Å²) in [5, 5.41) is 3.68. The van der Waals surface area contributed by atoms with Crippen LogP contribution in [0.25, 0.3) is 10.9 Å². The van der Waals surface area contributed by atoms with Crippen molar-refractivity contribution in [3.8, 4) is 0 Å². The molecule has 0 bridgehead atoms. The van der Waals surface area contributed by atoms with Gasteiger partial charge in [0, 0.05) is 16.6 Å². The summed E-state index contributed by atoms with van der Waals surface area (Å²) < 4.78 is 5.96. The molecule has 3 rings (SSSR count). The van der Waals surface area contributed by atoms with Crippen LogP contribution in [0.4, 0.5) is 5.69 Å². The van der Waals surface area contributed by atoms with Gasteiger partial charge in [0.15, 0.2) is 6.10 Å². The molecule has 2 N–H and O–H groups in total. The number of amides is 1. The SMILES string of the molecule is Cc1ccc(NC(=O)C(C)OC(=O)c2[nH]c3ccccc3c2Br)c(C)c1. The number of fused-ring (bicyclic) bond motifs is 1. The maximum Gasteiger partial charge on any atom is 0.356 e. The molecule has 6 heteroatoms. The Labute approximate surface area is 159 Å². The standard InChI is InChI=1S/C20H19BrN2O3/c1-11-8-9-15(12(2)10-11)23-19(24)13(3)26-20(25)18-17(21)14-6-4-5-7-16(14)22-18/h4-10,13,22H,1-3H3,(H,23,24). The van der Waals surface area contributed by atoms with E-state index in [1.807, 2.05) is 56.3 Å². The zero-order chi connectivity index (χ0) is 18.8. The molecule has 0 fully saturated rings. The van der Waals surface area contributed by atoms with Gasteiger partial charge >= 0.3 is 5.97 Å². The molecule has 1 unspecified atom stereocenters. The third-order valence-electron chi connectivity index (χ3n) is 4.14. The first-order valence-corrected chi connectivity index (χ1v) is 9.01. The Kier molecular flexibility index (Phi) is 5.13. The fourth-order valence-electron chi connectivity index (χ4n) is 2.71. The molecule has 0 aliphatic heterocycles. The normalized spacial score (nSPS) is 12.0. The molecule has 3 aromatic rings. The number of esters is 1. The van der Waals surface area contributed by atoms with Crippen LogP contribution in [0.5, 0.6) is 0 Å². The second-order valence-electron chi connectivity index (χ2n) is 6.21. The third kappa shape index (κ3) is 3.65. The van der Waals surface area contributed by atoms with Crippen molar-refractivity contribution >= 4 is 44.4 Å². The summed E-state index contributed by atoms with van der Waals surface area (Å²) >= 11 is 3.42. The average Bonchev–Trinajstić information content (AvgIpc) is 2.94. The first-order valence-electron chi connectivity index (χ1n) is 8.22. The van der Waals surface area contributed by atoms with Crippen molar-refractivity contribution in [1.82, 2.24) is 4.98 Å². The van der Waals surface area contributed by atoms with Crippen LogP contribution in [0.1, 0.15) is 28.5 Å². The lowest BCUT2D eigenvalue weighted by atomic mass is 10.1. The van der Waals surface area contributed by atoms with Crippen molar-refractivity contribution in [3.63, 3.8) is 0 Å². The molecule has 2 aromatic carbocycles. The molecular weight excluding hydrogens is 396 g/mol. The minimum Gasteiger partial charge on any atom is -0.448 e. The number of hydrogen-bond acceptors (Lipinski definition) is 3. The van der Waals surface area contributed by atoms with Gasteiger partial charge in [-0.05, 0) is 54.4 Å². The third-order valence-corrected chi connectivity index (χ3v) is 4.96. The summed E-state index contributed by atoms with van der Waals surface area (Å²) in [7, 11) is 0. The zero-order valence-electron chi connectivity index (χ0n) is 14.7. The summed E-state index contributed by atoms with van der Waals surface area (Å²) in [6.45, 7) is 5.45. The van der Waals surface area contributed by atoms with E-state index in [4.69, 9.17) is 4.74 Å². The van der Waals surface area contributed by atoms with Crippen LogP contribution >= 0.6 is 15.9 Å². The van der Waals surface area contributed by atoms with E-state index in [0.29, 0.717) is 10.2 Å². The van der Waals surface area contributed by atoms with Crippen LogP contribution in [0, 0.1) is 13.8 Å². The fourth-order valence-corrected chi connectivity index (χ4v) is 3.32. The van der Waals surface area contributed by atoms with Crippen LogP contribution in [0.3, 0.4) is 0 Å². The average molecular weight is 415 g/mol. The first kappa shape index (κ1) is 18.2. The number of ether oxygens (including phenoxy) is 1. The van der Waals surface area contributed by atoms with Crippen LogP contribution in [0.2, 0.25) is 0 Å². The van der Waals surface area contributed by atoms with Crippen molar-refractivity contribution in [2.45, 2.75) is 26.9 Å². The molecule has 0 radical (unpaired) electrons. The molecule has 1 atom stereocenters. The van der Waals surface area contributed by atoms with E-state index in [0.717, 1.165) is 22.0 Å². The second-order valence-corrected chi connectivity index (χ2v) is 7.01. The number of anilines is 1. The minimum atomic E-state index is -0.929. The first-order chi connectivity index (χ1) is 12.4. The Morgan fingerprint density at radius 1 is 1.15 bits per heavy atom. The van der Waals surface area contributed by atoms with Gasteiger partial charge < -0.3 is 15.0 Å². The summed E-state index contributed by atoms with van der Waals surface area (Å²) in [5.74, 6) is -0.964. The highest BCUT2D eigenvalue weighted by Gasteiger charge is 2.23. The number of aromatic nitrogens is 1. The van der Waals surface area contributed by atoms with E-state index in [9.17, 15) is 9.59 Å². The van der Waals surface area contributed by atoms with Gasteiger partial charge in [0.05, 0.1) is 4.47 Å². The lowest BCUT2D eigenvalue weighted by Crippen LogP contribution is -2.30. The van der Waals surface area contributed by atoms with E-state index in [1.165, 1.54) is 0 Å². The Morgan fingerprint density at radius 3 is 2.58 bits per heavy atom. The highest BCUT2D eigenvalue weighted by Crippen LogP contribution is 2.28. The van der Waals surface area contributed by atoms with Crippen LogP contribution in [-0.2, 0) is 9.53 Å². The number of hydrogen-bond donors (Lipinski definition) is 2. The van der Waals surface area contributed by atoms with Gasteiger partial charge in [-0.2, -0.15) is 0 Å². The Hall–Kier alpha value is -2.60. The molecule has 26 heavy (non-hydrogen) atoms. The van der Waals surface area contributed by atoms with E-state index >= 15 is 0 Å². The van der Waals surface area contributed by atoms with Crippen LogP contribution < -0.4 is 5.32 Å². The maximum atomic E-state index is 12.5. The van der Waals surface area contributed by atoms with Gasteiger partial charge in [0.2, 0.25) is 0 Å². The Morgan fingerprint density at radius 2 is 1.88 bits per heavy atom. The molecule has 0 aliphatic rings. The Bertz CT molecular complexity index is 994. The minimum absolute atomic E-state index is 0.289. The number of H-pyrrole nitrogens is 1. The van der Waals surface area contributed by atoms with Gasteiger partial charge in [-0.3, -0.25) is 4.79 Å². The van der Waals surface area contributed by atoms with E-state index in [1.54, 1.807) is 6.92 Å². The van der Waals surface area contributed by atoms with Crippen LogP contribution in [-0.4, -0.2) is 23.0 Å². The molecule has 134 valence electrons. The number of rotatable bonds is 4. The molecular formula is C20H19BrN2O3. The maximum absolute atomic E-state index is 12.5. The molecule has 0 saturated heterocycles. The van der Waals surface area contributed by atoms with Crippen LogP contribution in [0.15, 0.2) is 46.9 Å². The van der Waals surface area contributed by atoms with Crippen molar-refractivity contribution in [1.29, 1.82) is 0 Å². The number of aromatic amines is 1. The largest absolute Gasteiger partial charge is 0.448 e. The smallest absolute Gasteiger partial charge is 0.356 e. The monoisotopic (exact) mass is 414 g/mol. The predicted octanol–water partition coefficient (Wildman–Crippen LogP) is 4.73. The highest BCUT2D eigenvalue weighted by atomic mass is 79.9. The van der Waals surface area contributed by atoms with Gasteiger partial charge in [-0.25, -0.2) is 4.79 Å². The summed E-state index contributed by atoms with van der Waals surface area (Å²) in [5.41, 5.74) is 3.88. The number of carbonyl (C=O) groups is 2. The summed E-state index contributed by atoms with van der Waals surface area (Å²) in [6, 6.07) is 13.3. The van der Waals surface area contributed by atoms with Gasteiger partial charge in [0.25, 0.3) is 5.91 Å². The summed E-state index contributed by atoms with van der Waals surface area (Å²) in [6.07, 6.45) is -0.929. The lowest BCUT2D eigenvalue weighted by molar-refractivity contribution is -0.123. The van der Waals surface area contributed by atoms with Crippen molar-refractivity contribution in [2.24, 2.45) is 0 Å². The van der Waals surface area contributed by atoms with Gasteiger partial charge in [-0.15, -0.1) is 0 Å². The molecule has 1 heterocycles. The Balaban J connectivity index is 1.71. The number of para-hydroxylation sites is 1. The lowest BCUT2D eigenvalue weighted by Gasteiger charge is -2.14. The van der Waals surface area contributed by atoms with Gasteiger partial charge in [0.1, 0.15) is 5.69 Å². The topological polar surface area (TPSA) is 71.2 Å². The number of benzene rings is 2. The van der Waals surface area contributed by atoms with E-state index < -0.39 is 12.1 Å². The van der Waals surface area contributed by atoms with Gasteiger partial charge in [-0.1, -0.05) is 35.9 Å². The molecule has 1 aromatic heterocycles. The molecule has 0 saturated carbocycles. The van der Waals surface area contributed by atoms with Crippen molar-refractivity contribution < 1.29 is 14.3 Å².